The molecule has 0 aliphatic carbocycles. The number of rotatable bonds is 6. The number of hydrogen-bond donors (Lipinski definition) is 0. The van der Waals surface area contributed by atoms with Gasteiger partial charge in [-0.25, -0.2) is 8.42 Å². The van der Waals surface area contributed by atoms with Crippen molar-refractivity contribution in [3.63, 3.8) is 0 Å². The van der Waals surface area contributed by atoms with Crippen molar-refractivity contribution in [2.24, 2.45) is 0 Å². The second-order valence-corrected chi connectivity index (χ2v) is 8.10. The summed E-state index contributed by atoms with van der Waals surface area (Å²) in [6, 6.07) is 11.7. The van der Waals surface area contributed by atoms with Crippen LogP contribution in [0.1, 0.15) is 11.3 Å². The van der Waals surface area contributed by atoms with Crippen LogP contribution in [0.3, 0.4) is 0 Å². The second-order valence-electron chi connectivity index (χ2n) is 4.94. The molecule has 4 nitrogen and oxygen atoms in total. The molecule has 3 rings (SSSR count). The monoisotopic (exact) mass is 367 g/mol. The van der Waals surface area contributed by atoms with E-state index in [1.54, 1.807) is 30.3 Å². The van der Waals surface area contributed by atoms with E-state index in [4.69, 9.17) is 16.0 Å². The van der Waals surface area contributed by atoms with Gasteiger partial charge in [0.2, 0.25) is 10.0 Å². The molecule has 0 aliphatic heterocycles. The Kier molecular flexibility index (Phi) is 4.87. The molecule has 0 radical (unpaired) electrons. The van der Waals surface area contributed by atoms with Crippen LogP contribution in [0.5, 0.6) is 0 Å². The van der Waals surface area contributed by atoms with Gasteiger partial charge in [-0.05, 0) is 52.7 Å². The van der Waals surface area contributed by atoms with Crippen LogP contribution in [-0.4, -0.2) is 12.7 Å². The van der Waals surface area contributed by atoms with E-state index < -0.39 is 10.0 Å². The van der Waals surface area contributed by atoms with Crippen molar-refractivity contribution in [2.75, 3.05) is 0 Å². The van der Waals surface area contributed by atoms with Gasteiger partial charge >= 0.3 is 0 Å². The maximum Gasteiger partial charge on any atom is 0.243 e. The van der Waals surface area contributed by atoms with E-state index >= 15 is 0 Å². The highest BCUT2D eigenvalue weighted by Crippen LogP contribution is 2.24. The molecule has 2 heterocycles. The predicted octanol–water partition coefficient (Wildman–Crippen LogP) is 4.39. The van der Waals surface area contributed by atoms with Gasteiger partial charge in [-0.2, -0.15) is 15.6 Å². The van der Waals surface area contributed by atoms with Crippen LogP contribution in [0.15, 0.2) is 68.8 Å². The van der Waals surface area contributed by atoms with Crippen LogP contribution < -0.4 is 0 Å². The Morgan fingerprint density at radius 2 is 2.00 bits per heavy atom. The van der Waals surface area contributed by atoms with Gasteiger partial charge in [0.25, 0.3) is 0 Å². The summed E-state index contributed by atoms with van der Waals surface area (Å²) in [6.07, 6.45) is 1.53. The van der Waals surface area contributed by atoms with E-state index in [-0.39, 0.29) is 18.0 Å². The lowest BCUT2D eigenvalue weighted by Crippen LogP contribution is -2.30. The Hall–Kier alpha value is -1.60. The fourth-order valence-corrected chi connectivity index (χ4v) is 4.52. The predicted molar refractivity (Wildman–Crippen MR) is 90.9 cm³/mol. The quantitative estimate of drug-likeness (QED) is 0.649. The SMILES string of the molecule is O=S(=O)(c1cccc(Cl)c1)N(Cc1ccsc1)Cc1ccco1. The van der Waals surface area contributed by atoms with Gasteiger partial charge in [-0.1, -0.05) is 17.7 Å². The zero-order valence-corrected chi connectivity index (χ0v) is 14.4. The van der Waals surface area contributed by atoms with Gasteiger partial charge in [0.15, 0.2) is 0 Å². The largest absolute Gasteiger partial charge is 0.468 e. The Morgan fingerprint density at radius 1 is 1.13 bits per heavy atom. The highest BCUT2D eigenvalue weighted by Gasteiger charge is 2.26. The minimum atomic E-state index is -3.68. The Bertz CT molecular complexity index is 822. The van der Waals surface area contributed by atoms with Gasteiger partial charge in [0.1, 0.15) is 5.76 Å². The number of hydrogen-bond acceptors (Lipinski definition) is 4. The lowest BCUT2D eigenvalue weighted by Gasteiger charge is -2.21. The Balaban J connectivity index is 1.95. The van der Waals surface area contributed by atoms with Crippen molar-refractivity contribution in [1.29, 1.82) is 0 Å². The maximum absolute atomic E-state index is 13.0. The van der Waals surface area contributed by atoms with Gasteiger partial charge in [0.05, 0.1) is 17.7 Å². The molecule has 3 aromatic rings. The maximum atomic E-state index is 13.0. The molecule has 2 aromatic heterocycles. The molecule has 0 spiro atoms. The van der Waals surface area contributed by atoms with E-state index in [2.05, 4.69) is 0 Å². The lowest BCUT2D eigenvalue weighted by molar-refractivity contribution is 0.359. The highest BCUT2D eigenvalue weighted by molar-refractivity contribution is 7.89. The molecule has 0 aliphatic rings. The van der Waals surface area contributed by atoms with Crippen molar-refractivity contribution in [3.05, 3.63) is 75.8 Å². The summed E-state index contributed by atoms with van der Waals surface area (Å²) in [5.41, 5.74) is 0.937. The molecule has 0 atom stereocenters. The molecule has 0 saturated carbocycles. The van der Waals surface area contributed by atoms with E-state index in [0.717, 1.165) is 5.56 Å². The number of thiophene rings is 1. The zero-order valence-electron chi connectivity index (χ0n) is 12.1. The molecule has 23 heavy (non-hydrogen) atoms. The first-order valence-electron chi connectivity index (χ1n) is 6.85. The van der Waals surface area contributed by atoms with Crippen LogP contribution in [-0.2, 0) is 23.1 Å². The molecule has 0 bridgehead atoms. The van der Waals surface area contributed by atoms with Crippen LogP contribution >= 0.6 is 22.9 Å². The molecular weight excluding hydrogens is 354 g/mol. The molecule has 0 amide bonds. The van der Waals surface area contributed by atoms with E-state index in [1.807, 2.05) is 16.8 Å². The molecule has 0 N–H and O–H groups in total. The van der Waals surface area contributed by atoms with Crippen LogP contribution in [0.2, 0.25) is 5.02 Å². The van der Waals surface area contributed by atoms with Crippen LogP contribution in [0, 0.1) is 0 Å². The summed E-state index contributed by atoms with van der Waals surface area (Å²) in [5, 5.41) is 4.24. The zero-order chi connectivity index (χ0) is 16.3. The fourth-order valence-electron chi connectivity index (χ4n) is 2.16. The fraction of sp³-hybridized carbons (Fsp3) is 0.125. The average molecular weight is 368 g/mol. The van der Waals surface area contributed by atoms with Gasteiger partial charge in [-0.15, -0.1) is 0 Å². The summed E-state index contributed by atoms with van der Waals surface area (Å²) in [5.74, 6) is 0.589. The third-order valence-electron chi connectivity index (χ3n) is 3.29. The first-order valence-corrected chi connectivity index (χ1v) is 9.61. The number of nitrogens with zero attached hydrogens (tertiary/aromatic N) is 1. The number of benzene rings is 1. The van der Waals surface area contributed by atoms with Crippen molar-refractivity contribution < 1.29 is 12.8 Å². The average Bonchev–Trinajstić information content (AvgIpc) is 3.20. The first-order chi connectivity index (χ1) is 11.1. The molecular formula is C16H14ClNO3S2. The van der Waals surface area contributed by atoms with Gasteiger partial charge in [0, 0.05) is 11.6 Å². The smallest absolute Gasteiger partial charge is 0.243 e. The topological polar surface area (TPSA) is 50.5 Å². The van der Waals surface area contributed by atoms with Gasteiger partial charge < -0.3 is 4.42 Å². The number of furan rings is 1. The summed E-state index contributed by atoms with van der Waals surface area (Å²) in [7, 11) is -3.68. The summed E-state index contributed by atoms with van der Waals surface area (Å²) >= 11 is 7.47. The van der Waals surface area contributed by atoms with Crippen LogP contribution in [0.25, 0.3) is 0 Å². The third-order valence-corrected chi connectivity index (χ3v) is 6.04. The normalized spacial score (nSPS) is 11.9. The summed E-state index contributed by atoms with van der Waals surface area (Å²) in [4.78, 5) is 0.173. The molecule has 0 saturated heterocycles. The molecule has 7 heteroatoms. The van der Waals surface area contributed by atoms with Crippen molar-refractivity contribution >= 4 is 33.0 Å². The van der Waals surface area contributed by atoms with Gasteiger partial charge in [-0.3, -0.25) is 0 Å². The van der Waals surface area contributed by atoms with E-state index in [0.29, 0.717) is 10.8 Å². The standard InChI is InChI=1S/C16H14ClNO3S2/c17-14-3-1-5-16(9-14)23(19,20)18(10-13-6-8-22-12-13)11-15-4-2-7-21-15/h1-9,12H,10-11H2. The number of halogens is 1. The first kappa shape index (κ1) is 16.3. The molecule has 0 fully saturated rings. The van der Waals surface area contributed by atoms with Crippen LogP contribution in [0.4, 0.5) is 0 Å². The molecule has 120 valence electrons. The molecule has 1 aromatic carbocycles. The second kappa shape index (κ2) is 6.88. The van der Waals surface area contributed by atoms with Crippen molar-refractivity contribution in [2.45, 2.75) is 18.0 Å². The highest BCUT2D eigenvalue weighted by atomic mass is 35.5. The Morgan fingerprint density at radius 3 is 2.65 bits per heavy atom. The lowest BCUT2D eigenvalue weighted by atomic mass is 10.3. The minimum Gasteiger partial charge on any atom is -0.468 e. The van der Waals surface area contributed by atoms with Crippen molar-refractivity contribution in [3.8, 4) is 0 Å². The van der Waals surface area contributed by atoms with Crippen molar-refractivity contribution in [1.82, 2.24) is 4.31 Å². The Labute approximate surface area is 144 Å². The summed E-state index contributed by atoms with van der Waals surface area (Å²) in [6.45, 7) is 0.441. The third kappa shape index (κ3) is 3.84. The molecule has 0 unspecified atom stereocenters. The summed E-state index contributed by atoms with van der Waals surface area (Å²) < 4.78 is 32.6. The minimum absolute atomic E-state index is 0.164. The number of sulfonamides is 1. The van der Waals surface area contributed by atoms with E-state index in [9.17, 15) is 8.42 Å². The van der Waals surface area contributed by atoms with E-state index in [1.165, 1.54) is 28.0 Å².